The van der Waals surface area contributed by atoms with Crippen LogP contribution in [0, 0.1) is 11.7 Å². The van der Waals surface area contributed by atoms with Crippen LogP contribution in [0.1, 0.15) is 5.56 Å². The monoisotopic (exact) mass is 328 g/mol. The Morgan fingerprint density at radius 2 is 2.00 bits per heavy atom. The molecule has 0 spiro atoms. The van der Waals surface area contributed by atoms with Crippen LogP contribution >= 0.6 is 0 Å². The van der Waals surface area contributed by atoms with E-state index in [9.17, 15) is 9.18 Å². The van der Waals surface area contributed by atoms with Crippen molar-refractivity contribution in [1.29, 1.82) is 0 Å². The normalized spacial score (nSPS) is 17.9. The minimum Gasteiger partial charge on any atom is -0.496 e. The summed E-state index contributed by atoms with van der Waals surface area (Å²) >= 11 is 0. The molecule has 1 atom stereocenters. The first-order valence-corrected chi connectivity index (χ1v) is 8.09. The molecule has 0 bridgehead atoms. The quantitative estimate of drug-likeness (QED) is 0.906. The van der Waals surface area contributed by atoms with Gasteiger partial charge in [0.05, 0.1) is 13.0 Å². The molecule has 24 heavy (non-hydrogen) atoms. The van der Waals surface area contributed by atoms with Crippen molar-refractivity contribution in [3.63, 3.8) is 0 Å². The van der Waals surface area contributed by atoms with E-state index in [-0.39, 0.29) is 17.6 Å². The Morgan fingerprint density at radius 1 is 1.17 bits per heavy atom. The van der Waals surface area contributed by atoms with Gasteiger partial charge in [-0.3, -0.25) is 4.79 Å². The van der Waals surface area contributed by atoms with E-state index in [1.54, 1.807) is 13.2 Å². The van der Waals surface area contributed by atoms with Crippen LogP contribution in [0.2, 0.25) is 0 Å². The lowest BCUT2D eigenvalue weighted by molar-refractivity contribution is -0.124. The number of halogens is 1. The maximum Gasteiger partial charge on any atom is 0.224 e. The summed E-state index contributed by atoms with van der Waals surface area (Å²) in [5, 5.41) is 6.19. The molecule has 1 aliphatic heterocycles. The summed E-state index contributed by atoms with van der Waals surface area (Å²) < 4.78 is 19.1. The van der Waals surface area contributed by atoms with Gasteiger partial charge in [-0.05, 0) is 35.7 Å². The van der Waals surface area contributed by atoms with Crippen molar-refractivity contribution in [3.8, 4) is 16.9 Å². The first kappa shape index (κ1) is 16.5. The molecule has 4 nitrogen and oxygen atoms in total. The Labute approximate surface area is 141 Å². The molecule has 2 N–H and O–H groups in total. The van der Waals surface area contributed by atoms with Crippen LogP contribution in [-0.2, 0) is 11.2 Å². The molecule has 3 rings (SSSR count). The van der Waals surface area contributed by atoms with Crippen molar-refractivity contribution in [2.45, 2.75) is 6.42 Å². The van der Waals surface area contributed by atoms with Gasteiger partial charge in [-0.15, -0.1) is 0 Å². The third-order valence-corrected chi connectivity index (χ3v) is 4.30. The molecule has 5 heteroatoms. The maximum atomic E-state index is 13.7. The number of nitrogens with one attached hydrogen (secondary N) is 2. The molecule has 2 aromatic carbocycles. The van der Waals surface area contributed by atoms with Gasteiger partial charge in [-0.2, -0.15) is 0 Å². The zero-order valence-electron chi connectivity index (χ0n) is 13.6. The molecule has 2 aromatic rings. The van der Waals surface area contributed by atoms with Crippen molar-refractivity contribution in [1.82, 2.24) is 10.6 Å². The van der Waals surface area contributed by atoms with E-state index in [0.717, 1.165) is 17.7 Å². The third kappa shape index (κ3) is 3.57. The van der Waals surface area contributed by atoms with Gasteiger partial charge in [0.15, 0.2) is 0 Å². The third-order valence-electron chi connectivity index (χ3n) is 4.30. The zero-order valence-corrected chi connectivity index (χ0v) is 13.6. The largest absolute Gasteiger partial charge is 0.496 e. The molecule has 1 fully saturated rings. The van der Waals surface area contributed by atoms with E-state index in [1.807, 2.05) is 24.3 Å². The Balaban J connectivity index is 1.96. The van der Waals surface area contributed by atoms with Gasteiger partial charge in [0.2, 0.25) is 5.91 Å². The number of ether oxygens (including phenoxy) is 1. The highest BCUT2D eigenvalue weighted by atomic mass is 19.1. The van der Waals surface area contributed by atoms with E-state index < -0.39 is 0 Å². The Hall–Kier alpha value is -2.40. The van der Waals surface area contributed by atoms with Crippen LogP contribution < -0.4 is 15.4 Å². The number of methoxy groups -OCH3 is 1. The second-order valence-corrected chi connectivity index (χ2v) is 5.90. The van der Waals surface area contributed by atoms with Crippen LogP contribution in [0.3, 0.4) is 0 Å². The van der Waals surface area contributed by atoms with Crippen molar-refractivity contribution in [3.05, 3.63) is 53.8 Å². The number of carbonyl (C=O) groups excluding carboxylic acids is 1. The van der Waals surface area contributed by atoms with E-state index in [0.29, 0.717) is 30.8 Å². The van der Waals surface area contributed by atoms with E-state index >= 15 is 0 Å². The Bertz CT molecular complexity index is 733. The highest BCUT2D eigenvalue weighted by Gasteiger charge is 2.22. The summed E-state index contributed by atoms with van der Waals surface area (Å²) in [5.74, 6) is 0.219. The van der Waals surface area contributed by atoms with Gasteiger partial charge in [0.25, 0.3) is 0 Å². The molecule has 0 aliphatic carbocycles. The van der Waals surface area contributed by atoms with Gasteiger partial charge in [-0.1, -0.05) is 24.3 Å². The van der Waals surface area contributed by atoms with Crippen molar-refractivity contribution < 1.29 is 13.9 Å². The number of hydrogen-bond donors (Lipinski definition) is 2. The predicted octanol–water partition coefficient (Wildman–Crippen LogP) is 2.38. The molecule has 1 saturated heterocycles. The topological polar surface area (TPSA) is 50.4 Å². The predicted molar refractivity (Wildman–Crippen MR) is 91.5 cm³/mol. The lowest BCUT2D eigenvalue weighted by Gasteiger charge is -2.17. The number of amides is 1. The van der Waals surface area contributed by atoms with Crippen molar-refractivity contribution in [2.75, 3.05) is 26.7 Å². The zero-order chi connectivity index (χ0) is 16.9. The molecule has 1 heterocycles. The molecule has 0 saturated carbocycles. The Morgan fingerprint density at radius 3 is 2.83 bits per heavy atom. The van der Waals surface area contributed by atoms with Gasteiger partial charge in [-0.25, -0.2) is 4.39 Å². The van der Waals surface area contributed by atoms with Crippen LogP contribution in [-0.4, -0.2) is 32.7 Å². The summed E-state index contributed by atoms with van der Waals surface area (Å²) in [6, 6.07) is 12.3. The van der Waals surface area contributed by atoms with Gasteiger partial charge in [0.1, 0.15) is 11.6 Å². The summed E-state index contributed by atoms with van der Waals surface area (Å²) in [7, 11) is 1.57. The minimum absolute atomic E-state index is 0.0565. The smallest absolute Gasteiger partial charge is 0.224 e. The van der Waals surface area contributed by atoms with E-state index in [2.05, 4.69) is 10.6 Å². The van der Waals surface area contributed by atoms with Crippen LogP contribution in [0.4, 0.5) is 4.39 Å². The number of benzene rings is 2. The maximum absolute atomic E-state index is 13.7. The fourth-order valence-corrected chi connectivity index (χ4v) is 3.07. The number of rotatable bonds is 4. The lowest BCUT2D eigenvalue weighted by Crippen LogP contribution is -2.32. The highest BCUT2D eigenvalue weighted by Crippen LogP contribution is 2.34. The molecule has 1 amide bonds. The molecular weight excluding hydrogens is 307 g/mol. The molecule has 1 unspecified atom stereocenters. The van der Waals surface area contributed by atoms with E-state index in [4.69, 9.17) is 4.74 Å². The van der Waals surface area contributed by atoms with Crippen molar-refractivity contribution in [2.24, 2.45) is 5.92 Å². The Kier molecular flexibility index (Phi) is 5.11. The molecular formula is C19H21FN2O2. The van der Waals surface area contributed by atoms with Gasteiger partial charge >= 0.3 is 0 Å². The first-order chi connectivity index (χ1) is 11.7. The fourth-order valence-electron chi connectivity index (χ4n) is 3.07. The lowest BCUT2D eigenvalue weighted by atomic mass is 9.91. The van der Waals surface area contributed by atoms with Crippen LogP contribution in [0.15, 0.2) is 42.5 Å². The SMILES string of the molecule is COc1ccc(F)cc1-c1ccccc1CC1CNCCNC1=O. The average molecular weight is 328 g/mol. The van der Waals surface area contributed by atoms with Crippen molar-refractivity contribution >= 4 is 5.91 Å². The summed E-state index contributed by atoms with van der Waals surface area (Å²) in [6.07, 6.45) is 0.592. The van der Waals surface area contributed by atoms with Crippen LogP contribution in [0.5, 0.6) is 5.75 Å². The summed E-state index contributed by atoms with van der Waals surface area (Å²) in [4.78, 5) is 12.2. The van der Waals surface area contributed by atoms with Crippen LogP contribution in [0.25, 0.3) is 11.1 Å². The highest BCUT2D eigenvalue weighted by molar-refractivity contribution is 5.80. The molecule has 126 valence electrons. The summed E-state index contributed by atoms with van der Waals surface area (Å²) in [6.45, 7) is 2.07. The molecule has 0 aromatic heterocycles. The first-order valence-electron chi connectivity index (χ1n) is 8.09. The van der Waals surface area contributed by atoms with Gasteiger partial charge in [0, 0.05) is 25.2 Å². The van der Waals surface area contributed by atoms with E-state index in [1.165, 1.54) is 12.1 Å². The average Bonchev–Trinajstić information content (AvgIpc) is 2.80. The minimum atomic E-state index is -0.311. The fraction of sp³-hybridized carbons (Fsp3) is 0.316. The van der Waals surface area contributed by atoms with Gasteiger partial charge < -0.3 is 15.4 Å². The second-order valence-electron chi connectivity index (χ2n) is 5.90. The summed E-state index contributed by atoms with van der Waals surface area (Å²) in [5.41, 5.74) is 2.60. The standard InChI is InChI=1S/C19H21FN2O2/c1-24-18-7-6-15(20)11-17(18)16-5-3-2-4-13(16)10-14-12-21-8-9-22-19(14)23/h2-7,11,14,21H,8-10,12H2,1H3,(H,22,23). The number of carbonyl (C=O) groups is 1. The molecule has 0 radical (unpaired) electrons. The molecule has 1 aliphatic rings. The second kappa shape index (κ2) is 7.45. The number of hydrogen-bond acceptors (Lipinski definition) is 3.